The number of para-hydroxylation sites is 1. The highest BCUT2D eigenvalue weighted by Crippen LogP contribution is 2.17. The Labute approximate surface area is 88.3 Å². The number of carbonyl (C=O) groups is 2. The van der Waals surface area contributed by atoms with Crippen LogP contribution in [0.25, 0.3) is 0 Å². The molecule has 3 heteroatoms. The molecule has 2 amide bonds. The molecular weight excluding hydrogens is 190 g/mol. The second-order valence-corrected chi connectivity index (χ2v) is 2.68. The number of nitrogens with zero attached hydrogens (tertiary/aromatic N) is 1. The number of carbonyl (C=O) groups excluding carboxylic acids is 2. The summed E-state index contributed by atoms with van der Waals surface area (Å²) in [6, 6.07) is 8.86. The first-order chi connectivity index (χ1) is 7.29. The first-order valence-corrected chi connectivity index (χ1v) is 4.31. The molecule has 0 atom stereocenters. The van der Waals surface area contributed by atoms with E-state index in [0.717, 1.165) is 4.90 Å². The molecule has 2 rings (SSSR count). The average molecular weight is 200 g/mol. The van der Waals surface area contributed by atoms with Gasteiger partial charge >= 0.3 is 0 Å². The molecule has 1 aliphatic heterocycles. The molecular formula is C12H10NO2. The Hall–Kier alpha value is -2.16. The predicted molar refractivity (Wildman–Crippen MR) is 58.0 cm³/mol. The minimum absolute atomic E-state index is 0.281. The molecule has 3 nitrogen and oxygen atoms in total. The van der Waals surface area contributed by atoms with Gasteiger partial charge in [-0.05, 0) is 12.1 Å². The summed E-state index contributed by atoms with van der Waals surface area (Å²) < 4.78 is 0. The zero-order valence-electron chi connectivity index (χ0n) is 8.09. The van der Waals surface area contributed by atoms with Gasteiger partial charge in [0.25, 0.3) is 11.8 Å². The van der Waals surface area contributed by atoms with E-state index >= 15 is 0 Å². The second-order valence-electron chi connectivity index (χ2n) is 2.68. The Morgan fingerprint density at radius 2 is 1.40 bits per heavy atom. The smallest absolute Gasteiger partial charge is 0.258 e. The highest BCUT2D eigenvalue weighted by molar-refractivity contribution is 6.28. The maximum atomic E-state index is 11.2. The summed E-state index contributed by atoms with van der Waals surface area (Å²) in [6.45, 7) is 7.00. The number of anilines is 1. The summed E-state index contributed by atoms with van der Waals surface area (Å²) >= 11 is 0. The number of imide groups is 1. The van der Waals surface area contributed by atoms with Gasteiger partial charge in [-0.3, -0.25) is 9.59 Å². The van der Waals surface area contributed by atoms with Crippen LogP contribution in [0.2, 0.25) is 0 Å². The molecule has 1 aromatic rings. The number of amides is 2. The minimum atomic E-state index is -0.281. The van der Waals surface area contributed by atoms with Gasteiger partial charge in [0.05, 0.1) is 5.69 Å². The van der Waals surface area contributed by atoms with E-state index < -0.39 is 0 Å². The number of hydrogen-bond donors (Lipinski definition) is 0. The van der Waals surface area contributed by atoms with Crippen LogP contribution in [0, 0.1) is 6.58 Å². The van der Waals surface area contributed by atoms with Crippen LogP contribution in [0.3, 0.4) is 0 Å². The van der Waals surface area contributed by atoms with Gasteiger partial charge in [-0.1, -0.05) is 31.4 Å². The van der Waals surface area contributed by atoms with Gasteiger partial charge in [0.2, 0.25) is 0 Å². The fraction of sp³-hybridized carbons (Fsp3) is 0. The van der Waals surface area contributed by atoms with Crippen LogP contribution in [-0.2, 0) is 9.59 Å². The Bertz CT molecular complexity index is 377. The molecule has 0 unspecified atom stereocenters. The lowest BCUT2D eigenvalue weighted by molar-refractivity contribution is -0.119. The summed E-state index contributed by atoms with van der Waals surface area (Å²) in [7, 11) is 0. The summed E-state index contributed by atoms with van der Waals surface area (Å²) in [5.41, 5.74) is 0.613. The standard InChI is InChI=1S/C10H7NO2.C2H3/c12-9-6-7-10(13)11(9)8-4-2-1-3-5-8;1-2/h1-7H;1H,2H2. The molecule has 0 fully saturated rings. The molecule has 0 saturated carbocycles. The third kappa shape index (κ3) is 2.20. The molecule has 0 bridgehead atoms. The van der Waals surface area contributed by atoms with Crippen molar-refractivity contribution in [3.63, 3.8) is 0 Å². The molecule has 1 heterocycles. The van der Waals surface area contributed by atoms with Crippen molar-refractivity contribution in [2.75, 3.05) is 4.90 Å². The summed E-state index contributed by atoms with van der Waals surface area (Å²) in [5.74, 6) is -0.563. The number of hydrogen-bond acceptors (Lipinski definition) is 2. The predicted octanol–water partition coefficient (Wildman–Crippen LogP) is 1.72. The largest absolute Gasteiger partial charge is 0.269 e. The van der Waals surface area contributed by atoms with Crippen molar-refractivity contribution in [1.29, 1.82) is 0 Å². The molecule has 1 radical (unpaired) electrons. The number of rotatable bonds is 1. The van der Waals surface area contributed by atoms with E-state index in [1.165, 1.54) is 12.2 Å². The Balaban J connectivity index is 0.000000531. The fourth-order valence-electron chi connectivity index (χ4n) is 1.23. The van der Waals surface area contributed by atoms with E-state index in [0.29, 0.717) is 5.69 Å². The maximum Gasteiger partial charge on any atom is 0.258 e. The van der Waals surface area contributed by atoms with Crippen molar-refractivity contribution in [3.8, 4) is 0 Å². The Morgan fingerprint density at radius 3 is 1.87 bits per heavy atom. The van der Waals surface area contributed by atoms with E-state index in [1.807, 2.05) is 6.07 Å². The Kier molecular flexibility index (Phi) is 3.57. The Morgan fingerprint density at radius 1 is 0.933 bits per heavy atom. The highest BCUT2D eigenvalue weighted by atomic mass is 16.2. The fourth-order valence-corrected chi connectivity index (χ4v) is 1.23. The zero-order valence-corrected chi connectivity index (χ0v) is 8.09. The lowest BCUT2D eigenvalue weighted by Gasteiger charge is -2.12. The zero-order chi connectivity index (χ0) is 11.3. The average Bonchev–Trinajstić information content (AvgIpc) is 2.63. The van der Waals surface area contributed by atoms with E-state index in [4.69, 9.17) is 0 Å². The molecule has 0 N–H and O–H groups in total. The van der Waals surface area contributed by atoms with Crippen LogP contribution < -0.4 is 4.90 Å². The first kappa shape index (κ1) is 10.9. The van der Waals surface area contributed by atoms with Crippen LogP contribution >= 0.6 is 0 Å². The summed E-state index contributed by atoms with van der Waals surface area (Å²) in [6.07, 6.45) is 2.55. The number of benzene rings is 1. The quantitative estimate of drug-likeness (QED) is 0.647. The van der Waals surface area contributed by atoms with Gasteiger partial charge in [0.1, 0.15) is 0 Å². The van der Waals surface area contributed by atoms with E-state index in [9.17, 15) is 9.59 Å². The van der Waals surface area contributed by atoms with Gasteiger partial charge in [-0.15, -0.1) is 0 Å². The SMILES string of the molecule is O=C1C=CC(=O)N1c1ccccc1.[CH]=C. The van der Waals surface area contributed by atoms with Crippen LogP contribution in [0.15, 0.2) is 49.1 Å². The van der Waals surface area contributed by atoms with Crippen molar-refractivity contribution in [1.82, 2.24) is 0 Å². The van der Waals surface area contributed by atoms with Crippen LogP contribution in [0.4, 0.5) is 5.69 Å². The second kappa shape index (κ2) is 4.91. The third-order valence-corrected chi connectivity index (χ3v) is 1.82. The monoisotopic (exact) mass is 200 g/mol. The molecule has 1 aliphatic rings. The molecule has 0 spiro atoms. The third-order valence-electron chi connectivity index (χ3n) is 1.82. The minimum Gasteiger partial charge on any atom is -0.269 e. The lowest BCUT2D eigenvalue weighted by Crippen LogP contribution is -2.29. The van der Waals surface area contributed by atoms with Crippen molar-refractivity contribution in [2.24, 2.45) is 0 Å². The van der Waals surface area contributed by atoms with Gasteiger partial charge in [-0.2, -0.15) is 0 Å². The van der Waals surface area contributed by atoms with Gasteiger partial charge < -0.3 is 0 Å². The molecule has 0 aliphatic carbocycles. The topological polar surface area (TPSA) is 37.4 Å². The first-order valence-electron chi connectivity index (χ1n) is 4.31. The normalized spacial score (nSPS) is 13.7. The molecule has 0 saturated heterocycles. The van der Waals surface area contributed by atoms with Crippen molar-refractivity contribution in [2.45, 2.75) is 0 Å². The van der Waals surface area contributed by atoms with E-state index in [2.05, 4.69) is 13.2 Å². The van der Waals surface area contributed by atoms with Gasteiger partial charge in [-0.25, -0.2) is 4.90 Å². The van der Waals surface area contributed by atoms with Crippen molar-refractivity contribution >= 4 is 17.5 Å². The summed E-state index contributed by atoms with van der Waals surface area (Å²) in [5, 5.41) is 0. The van der Waals surface area contributed by atoms with Gasteiger partial charge in [0, 0.05) is 12.2 Å². The molecule has 15 heavy (non-hydrogen) atoms. The van der Waals surface area contributed by atoms with Crippen LogP contribution in [0.5, 0.6) is 0 Å². The van der Waals surface area contributed by atoms with Gasteiger partial charge in [0.15, 0.2) is 0 Å². The van der Waals surface area contributed by atoms with Crippen LogP contribution in [-0.4, -0.2) is 11.8 Å². The summed E-state index contributed by atoms with van der Waals surface area (Å²) in [4.78, 5) is 23.5. The molecule has 75 valence electrons. The van der Waals surface area contributed by atoms with E-state index in [-0.39, 0.29) is 11.8 Å². The van der Waals surface area contributed by atoms with Crippen molar-refractivity contribution in [3.05, 3.63) is 55.6 Å². The maximum absolute atomic E-state index is 11.2. The molecule has 1 aromatic carbocycles. The van der Waals surface area contributed by atoms with E-state index in [1.54, 1.807) is 24.3 Å². The molecule has 0 aromatic heterocycles. The highest BCUT2D eigenvalue weighted by Gasteiger charge is 2.24. The van der Waals surface area contributed by atoms with Crippen molar-refractivity contribution < 1.29 is 9.59 Å². The lowest BCUT2D eigenvalue weighted by atomic mass is 10.3. The van der Waals surface area contributed by atoms with Crippen LogP contribution in [0.1, 0.15) is 0 Å².